The zero-order chi connectivity index (χ0) is 9.84. The largest absolute Gasteiger partial charge is 0.469 e. The molecule has 0 bridgehead atoms. The van der Waals surface area contributed by atoms with Crippen LogP contribution in [-0.4, -0.2) is 18.1 Å². The molecular weight excluding hydrogens is 257 g/mol. The van der Waals surface area contributed by atoms with Gasteiger partial charge in [0.15, 0.2) is 0 Å². The third kappa shape index (κ3) is 2.97. The number of nitrogens with zero attached hydrogens (tertiary/aromatic N) is 1. The van der Waals surface area contributed by atoms with Crippen molar-refractivity contribution in [2.24, 2.45) is 0 Å². The number of esters is 1. The number of hydrogen-bond acceptors (Lipinski definition) is 3. The molecule has 0 saturated carbocycles. The second-order valence-corrected chi connectivity index (χ2v) is 3.53. The Labute approximate surface area is 89.2 Å². The molecule has 0 fully saturated rings. The van der Waals surface area contributed by atoms with Gasteiger partial charge in [-0.2, -0.15) is 0 Å². The average Bonchev–Trinajstić information content (AvgIpc) is 2.11. The summed E-state index contributed by atoms with van der Waals surface area (Å²) >= 11 is 8.93. The molecule has 3 nitrogen and oxygen atoms in total. The zero-order valence-electron chi connectivity index (χ0n) is 6.88. The van der Waals surface area contributed by atoms with E-state index in [-0.39, 0.29) is 12.4 Å². The van der Waals surface area contributed by atoms with Gasteiger partial charge in [-0.05, 0) is 27.6 Å². The highest BCUT2D eigenvalue weighted by Crippen LogP contribution is 2.20. The summed E-state index contributed by atoms with van der Waals surface area (Å²) in [7, 11) is 1.34. The van der Waals surface area contributed by atoms with E-state index in [9.17, 15) is 4.79 Å². The summed E-state index contributed by atoms with van der Waals surface area (Å²) in [5.74, 6) is -0.305. The van der Waals surface area contributed by atoms with E-state index in [1.54, 1.807) is 12.3 Å². The molecule has 0 saturated heterocycles. The first-order chi connectivity index (χ1) is 6.13. The van der Waals surface area contributed by atoms with Crippen LogP contribution in [-0.2, 0) is 16.0 Å². The molecule has 0 aliphatic rings. The molecule has 0 aromatic carbocycles. The van der Waals surface area contributed by atoms with Crippen LogP contribution in [0, 0.1) is 0 Å². The molecular formula is C8H7BrClNO2. The van der Waals surface area contributed by atoms with Crippen LogP contribution in [0.25, 0.3) is 0 Å². The number of carbonyl (C=O) groups is 1. The standard InChI is InChI=1S/C8H7BrClNO2/c1-13-7(12)3-5-2-6(10)8(9)11-4-5/h2,4H,3H2,1H3. The van der Waals surface area contributed by atoms with Gasteiger partial charge >= 0.3 is 5.97 Å². The average molecular weight is 265 g/mol. The fraction of sp³-hybridized carbons (Fsp3) is 0.250. The molecule has 0 radical (unpaired) electrons. The van der Waals surface area contributed by atoms with Crippen LogP contribution >= 0.6 is 27.5 Å². The van der Waals surface area contributed by atoms with E-state index in [2.05, 4.69) is 25.7 Å². The van der Waals surface area contributed by atoms with Crippen molar-refractivity contribution in [2.45, 2.75) is 6.42 Å². The van der Waals surface area contributed by atoms with Crippen LogP contribution in [0.15, 0.2) is 16.9 Å². The van der Waals surface area contributed by atoms with Crippen LogP contribution in [0.2, 0.25) is 5.02 Å². The molecule has 0 amide bonds. The first-order valence-electron chi connectivity index (χ1n) is 3.50. The van der Waals surface area contributed by atoms with E-state index in [1.807, 2.05) is 0 Å². The van der Waals surface area contributed by atoms with Gasteiger partial charge in [0.2, 0.25) is 0 Å². The van der Waals surface area contributed by atoms with E-state index in [0.29, 0.717) is 9.63 Å². The van der Waals surface area contributed by atoms with Crippen LogP contribution < -0.4 is 0 Å². The maximum Gasteiger partial charge on any atom is 0.310 e. The Morgan fingerprint density at radius 1 is 1.77 bits per heavy atom. The monoisotopic (exact) mass is 263 g/mol. The molecule has 0 atom stereocenters. The highest BCUT2D eigenvalue weighted by Gasteiger charge is 2.05. The van der Waals surface area contributed by atoms with Crippen LogP contribution in [0.4, 0.5) is 0 Å². The molecule has 1 rings (SSSR count). The van der Waals surface area contributed by atoms with E-state index in [4.69, 9.17) is 11.6 Å². The molecule has 0 N–H and O–H groups in total. The van der Waals surface area contributed by atoms with Gasteiger partial charge in [0.05, 0.1) is 18.6 Å². The molecule has 0 aliphatic heterocycles. The minimum Gasteiger partial charge on any atom is -0.469 e. The lowest BCUT2D eigenvalue weighted by Crippen LogP contribution is -2.04. The number of ether oxygens (including phenoxy) is 1. The van der Waals surface area contributed by atoms with E-state index < -0.39 is 0 Å². The van der Waals surface area contributed by atoms with Gasteiger partial charge in [-0.25, -0.2) is 4.98 Å². The van der Waals surface area contributed by atoms with Crippen molar-refractivity contribution in [3.05, 3.63) is 27.5 Å². The molecule has 5 heteroatoms. The van der Waals surface area contributed by atoms with Gasteiger partial charge < -0.3 is 4.74 Å². The Kier molecular flexibility index (Phi) is 3.69. The quantitative estimate of drug-likeness (QED) is 0.607. The number of aromatic nitrogens is 1. The van der Waals surface area contributed by atoms with Crippen molar-refractivity contribution in [1.29, 1.82) is 0 Å². The van der Waals surface area contributed by atoms with Crippen LogP contribution in [0.3, 0.4) is 0 Å². The van der Waals surface area contributed by atoms with Gasteiger partial charge in [-0.15, -0.1) is 0 Å². The molecule has 0 unspecified atom stereocenters. The summed E-state index contributed by atoms with van der Waals surface area (Å²) in [5, 5.41) is 0.487. The normalized spacial score (nSPS) is 9.77. The van der Waals surface area contributed by atoms with Gasteiger partial charge in [-0.3, -0.25) is 4.79 Å². The van der Waals surface area contributed by atoms with Crippen LogP contribution in [0.1, 0.15) is 5.56 Å². The lowest BCUT2D eigenvalue weighted by molar-refractivity contribution is -0.139. The predicted molar refractivity (Wildman–Crippen MR) is 52.7 cm³/mol. The smallest absolute Gasteiger partial charge is 0.310 e. The number of carbonyl (C=O) groups excluding carboxylic acids is 1. The number of halogens is 2. The highest BCUT2D eigenvalue weighted by molar-refractivity contribution is 9.10. The molecule has 0 spiro atoms. The van der Waals surface area contributed by atoms with Gasteiger partial charge in [-0.1, -0.05) is 11.6 Å². The number of pyridine rings is 1. The molecule has 1 aromatic heterocycles. The Bertz CT molecular complexity index is 330. The lowest BCUT2D eigenvalue weighted by atomic mass is 10.2. The minimum absolute atomic E-state index is 0.191. The van der Waals surface area contributed by atoms with Crippen LogP contribution in [0.5, 0.6) is 0 Å². The van der Waals surface area contributed by atoms with E-state index in [1.165, 1.54) is 7.11 Å². The summed E-state index contributed by atoms with van der Waals surface area (Å²) < 4.78 is 5.07. The summed E-state index contributed by atoms with van der Waals surface area (Å²) in [4.78, 5) is 14.8. The molecule has 0 aliphatic carbocycles. The highest BCUT2D eigenvalue weighted by atomic mass is 79.9. The molecule has 1 heterocycles. The second-order valence-electron chi connectivity index (χ2n) is 2.37. The summed E-state index contributed by atoms with van der Waals surface area (Å²) in [6, 6.07) is 1.68. The van der Waals surface area contributed by atoms with Crippen molar-refractivity contribution >= 4 is 33.5 Å². The van der Waals surface area contributed by atoms with E-state index >= 15 is 0 Å². The maximum atomic E-state index is 10.9. The third-order valence-corrected chi connectivity index (χ3v) is 2.58. The SMILES string of the molecule is COC(=O)Cc1cnc(Br)c(Cl)c1. The predicted octanol–water partition coefficient (Wildman–Crippen LogP) is 2.21. The second kappa shape index (κ2) is 4.58. The lowest BCUT2D eigenvalue weighted by Gasteiger charge is -2.00. The van der Waals surface area contributed by atoms with Crippen molar-refractivity contribution in [2.75, 3.05) is 7.11 Å². The third-order valence-electron chi connectivity index (χ3n) is 1.43. The number of hydrogen-bond donors (Lipinski definition) is 0. The number of rotatable bonds is 2. The Morgan fingerprint density at radius 2 is 2.46 bits per heavy atom. The van der Waals surface area contributed by atoms with Gasteiger partial charge in [0.25, 0.3) is 0 Å². The van der Waals surface area contributed by atoms with Gasteiger partial charge in [0, 0.05) is 6.20 Å². The van der Waals surface area contributed by atoms with Crippen molar-refractivity contribution in [3.63, 3.8) is 0 Å². The summed E-state index contributed by atoms with van der Waals surface area (Å²) in [5.41, 5.74) is 0.736. The maximum absolute atomic E-state index is 10.9. The molecule has 70 valence electrons. The minimum atomic E-state index is -0.305. The Morgan fingerprint density at radius 3 is 3.00 bits per heavy atom. The molecule has 13 heavy (non-hydrogen) atoms. The molecule has 1 aromatic rings. The fourth-order valence-electron chi connectivity index (χ4n) is 0.796. The Balaban J connectivity index is 2.79. The zero-order valence-corrected chi connectivity index (χ0v) is 9.22. The van der Waals surface area contributed by atoms with Crippen molar-refractivity contribution < 1.29 is 9.53 Å². The fourth-order valence-corrected chi connectivity index (χ4v) is 1.20. The Hall–Kier alpha value is -0.610. The topological polar surface area (TPSA) is 39.2 Å². The summed E-state index contributed by atoms with van der Waals surface area (Å²) in [6.07, 6.45) is 1.77. The van der Waals surface area contributed by atoms with Crippen molar-refractivity contribution in [3.8, 4) is 0 Å². The number of methoxy groups -OCH3 is 1. The van der Waals surface area contributed by atoms with E-state index in [0.717, 1.165) is 5.56 Å². The first kappa shape index (κ1) is 10.5. The summed E-state index contributed by atoms with van der Waals surface area (Å²) in [6.45, 7) is 0. The first-order valence-corrected chi connectivity index (χ1v) is 4.67. The van der Waals surface area contributed by atoms with Gasteiger partial charge in [0.1, 0.15) is 4.60 Å². The van der Waals surface area contributed by atoms with Crippen molar-refractivity contribution in [1.82, 2.24) is 4.98 Å².